The second-order valence-electron chi connectivity index (χ2n) is 6.52. The summed E-state index contributed by atoms with van der Waals surface area (Å²) in [6, 6.07) is 13.3. The molecule has 7 heteroatoms. The minimum Gasteiger partial charge on any atom is -0.465 e. The van der Waals surface area contributed by atoms with Crippen molar-refractivity contribution in [1.29, 1.82) is 0 Å². The van der Waals surface area contributed by atoms with Crippen LogP contribution in [0.5, 0.6) is 0 Å². The molecule has 2 aromatic rings. The zero-order valence-electron chi connectivity index (χ0n) is 16.3. The molecule has 0 N–H and O–H groups in total. The monoisotopic (exact) mass is 392 g/mol. The van der Waals surface area contributed by atoms with Crippen molar-refractivity contribution in [3.63, 3.8) is 0 Å². The van der Waals surface area contributed by atoms with Gasteiger partial charge in [-0.1, -0.05) is 19.1 Å². The third kappa shape index (κ3) is 3.80. The van der Waals surface area contributed by atoms with E-state index < -0.39 is 10.9 Å². The summed E-state index contributed by atoms with van der Waals surface area (Å²) in [4.78, 5) is 37.4. The highest BCUT2D eigenvalue weighted by Gasteiger charge is 2.37. The summed E-state index contributed by atoms with van der Waals surface area (Å²) in [5, 5.41) is 10.8. The molecule has 3 rings (SSSR count). The molecule has 1 heterocycles. The van der Waals surface area contributed by atoms with Crippen LogP contribution in [0.3, 0.4) is 0 Å². The maximum atomic E-state index is 13.2. The van der Waals surface area contributed by atoms with Gasteiger partial charge in [0, 0.05) is 23.5 Å². The van der Waals surface area contributed by atoms with Crippen LogP contribution in [0.2, 0.25) is 0 Å². The summed E-state index contributed by atoms with van der Waals surface area (Å²) >= 11 is 0. The molecule has 0 unspecified atom stereocenters. The molecule has 148 valence electrons. The number of nitro benzene ring substituents is 1. The number of hydrogen-bond donors (Lipinski definition) is 0. The van der Waals surface area contributed by atoms with Crippen molar-refractivity contribution in [2.24, 2.45) is 0 Å². The molecule has 29 heavy (non-hydrogen) atoms. The number of anilines is 1. The summed E-state index contributed by atoms with van der Waals surface area (Å²) in [6.07, 6.45) is 2.42. The fraction of sp³-hybridized carbons (Fsp3) is 0.182. The molecule has 0 bridgehead atoms. The molecule has 7 nitrogen and oxygen atoms in total. The molecule has 0 aromatic heterocycles. The van der Waals surface area contributed by atoms with Crippen LogP contribution in [0.4, 0.5) is 11.4 Å². The predicted octanol–water partition coefficient (Wildman–Crippen LogP) is 4.03. The Bertz CT molecular complexity index is 1030. The molecule has 0 aliphatic carbocycles. The van der Waals surface area contributed by atoms with Gasteiger partial charge in [-0.3, -0.25) is 19.8 Å². The van der Waals surface area contributed by atoms with Gasteiger partial charge in [0.1, 0.15) is 0 Å². The fourth-order valence-electron chi connectivity index (χ4n) is 3.23. The summed E-state index contributed by atoms with van der Waals surface area (Å²) in [6.45, 7) is 3.73. The molecule has 0 fully saturated rings. The molecule has 0 atom stereocenters. The number of non-ortho nitro benzene ring substituents is 1. The molecule has 2 aromatic carbocycles. The molecule has 1 aliphatic rings. The molecule has 0 saturated carbocycles. The largest absolute Gasteiger partial charge is 0.465 e. The van der Waals surface area contributed by atoms with E-state index in [2.05, 4.69) is 0 Å². The van der Waals surface area contributed by atoms with Crippen LogP contribution in [0.25, 0.3) is 6.08 Å². The Morgan fingerprint density at radius 2 is 1.76 bits per heavy atom. The van der Waals surface area contributed by atoms with Gasteiger partial charge in [0.2, 0.25) is 0 Å². The first-order valence-electron chi connectivity index (χ1n) is 9.06. The van der Waals surface area contributed by atoms with Crippen LogP contribution in [0.15, 0.2) is 65.4 Å². The molecule has 0 saturated heterocycles. The fourth-order valence-corrected chi connectivity index (χ4v) is 3.23. The lowest BCUT2D eigenvalue weighted by Gasteiger charge is -2.18. The Morgan fingerprint density at radius 3 is 2.28 bits per heavy atom. The van der Waals surface area contributed by atoms with Crippen molar-refractivity contribution in [1.82, 2.24) is 0 Å². The maximum Gasteiger partial charge on any atom is 0.340 e. The van der Waals surface area contributed by atoms with Crippen molar-refractivity contribution in [2.45, 2.75) is 20.3 Å². The first-order valence-corrected chi connectivity index (χ1v) is 9.06. The Kier molecular flexibility index (Phi) is 5.59. The normalized spacial score (nSPS) is 15.2. The van der Waals surface area contributed by atoms with Gasteiger partial charge in [-0.25, -0.2) is 4.79 Å². The van der Waals surface area contributed by atoms with Crippen molar-refractivity contribution < 1.29 is 19.2 Å². The lowest BCUT2D eigenvalue weighted by atomic mass is 10.0. The number of nitrogens with zero attached hydrogens (tertiary/aromatic N) is 2. The highest BCUT2D eigenvalue weighted by Crippen LogP contribution is 2.35. The predicted molar refractivity (Wildman–Crippen MR) is 109 cm³/mol. The Balaban J connectivity index is 2.07. The van der Waals surface area contributed by atoms with E-state index in [4.69, 9.17) is 4.74 Å². The maximum absolute atomic E-state index is 13.2. The van der Waals surface area contributed by atoms with Gasteiger partial charge in [0.15, 0.2) is 0 Å². The third-order valence-electron chi connectivity index (χ3n) is 4.81. The van der Waals surface area contributed by atoms with Gasteiger partial charge in [0.05, 0.1) is 23.2 Å². The van der Waals surface area contributed by atoms with Gasteiger partial charge in [-0.15, -0.1) is 0 Å². The van der Waals surface area contributed by atoms with Gasteiger partial charge >= 0.3 is 5.97 Å². The van der Waals surface area contributed by atoms with Crippen LogP contribution in [-0.4, -0.2) is 23.9 Å². The van der Waals surface area contributed by atoms with E-state index in [9.17, 15) is 19.7 Å². The molecular weight excluding hydrogens is 372 g/mol. The highest BCUT2D eigenvalue weighted by atomic mass is 16.6. The van der Waals surface area contributed by atoms with Crippen LogP contribution in [-0.2, 0) is 20.7 Å². The van der Waals surface area contributed by atoms with E-state index in [0.29, 0.717) is 16.9 Å². The smallest absolute Gasteiger partial charge is 0.340 e. The summed E-state index contributed by atoms with van der Waals surface area (Å²) < 4.78 is 4.89. The standard InChI is InChI=1S/C22H20N2O5/c1-4-15-5-9-17(10-6-15)23-14(2)20(22(26)29-3)19(21(23)25)13-16-7-11-18(12-8-16)24(27)28/h5-13H,4H2,1-3H3/b19-13-. The quantitative estimate of drug-likeness (QED) is 0.332. The van der Waals surface area contributed by atoms with Crippen molar-refractivity contribution in [3.05, 3.63) is 86.6 Å². The number of allylic oxidation sites excluding steroid dienone is 1. The molecule has 1 amide bonds. The van der Waals surface area contributed by atoms with Crippen molar-refractivity contribution >= 4 is 29.3 Å². The minimum atomic E-state index is -0.614. The second kappa shape index (κ2) is 8.10. The summed E-state index contributed by atoms with van der Waals surface area (Å²) in [7, 11) is 1.26. The molecule has 1 aliphatic heterocycles. The number of hydrogen-bond acceptors (Lipinski definition) is 5. The van der Waals surface area contributed by atoms with Crippen LogP contribution in [0.1, 0.15) is 25.0 Å². The van der Waals surface area contributed by atoms with Gasteiger partial charge in [-0.05, 0) is 54.8 Å². The average molecular weight is 392 g/mol. The van der Waals surface area contributed by atoms with E-state index in [1.54, 1.807) is 13.0 Å². The Hall–Kier alpha value is -3.74. The number of nitro groups is 1. The number of carbonyl (C=O) groups is 2. The summed E-state index contributed by atoms with van der Waals surface area (Å²) in [5.74, 6) is -0.970. The Labute approximate surface area is 168 Å². The molecular formula is C22H20N2O5. The van der Waals surface area contributed by atoms with E-state index in [-0.39, 0.29) is 22.7 Å². The van der Waals surface area contributed by atoms with Gasteiger partial charge in [-0.2, -0.15) is 0 Å². The minimum absolute atomic E-state index is 0.0533. The van der Waals surface area contributed by atoms with Crippen molar-refractivity contribution in [3.8, 4) is 0 Å². The zero-order valence-corrected chi connectivity index (χ0v) is 16.3. The van der Waals surface area contributed by atoms with Crippen LogP contribution >= 0.6 is 0 Å². The van der Waals surface area contributed by atoms with Gasteiger partial charge in [0.25, 0.3) is 11.6 Å². The number of methoxy groups -OCH3 is 1. The van der Waals surface area contributed by atoms with E-state index in [1.165, 1.54) is 36.3 Å². The van der Waals surface area contributed by atoms with E-state index >= 15 is 0 Å². The molecule has 0 radical (unpaired) electrons. The number of ether oxygens (including phenoxy) is 1. The molecule has 0 spiro atoms. The SMILES string of the molecule is CCc1ccc(N2C(=O)/C(=C\c3ccc([N+](=O)[O-])cc3)C(C(=O)OC)=C2C)cc1. The van der Waals surface area contributed by atoms with Gasteiger partial charge < -0.3 is 4.74 Å². The number of carbonyl (C=O) groups excluding carboxylic acids is 2. The van der Waals surface area contributed by atoms with E-state index in [1.807, 2.05) is 31.2 Å². The number of amides is 1. The van der Waals surface area contributed by atoms with Crippen LogP contribution < -0.4 is 4.90 Å². The van der Waals surface area contributed by atoms with Crippen molar-refractivity contribution in [2.75, 3.05) is 12.0 Å². The second-order valence-corrected chi connectivity index (χ2v) is 6.52. The first kappa shape index (κ1) is 20.0. The number of esters is 1. The lowest BCUT2D eigenvalue weighted by molar-refractivity contribution is -0.384. The third-order valence-corrected chi connectivity index (χ3v) is 4.81. The lowest BCUT2D eigenvalue weighted by Crippen LogP contribution is -2.24. The average Bonchev–Trinajstić information content (AvgIpc) is 2.97. The van der Waals surface area contributed by atoms with E-state index in [0.717, 1.165) is 12.0 Å². The zero-order chi connectivity index (χ0) is 21.1. The first-order chi connectivity index (χ1) is 13.9. The number of aryl methyl sites for hydroxylation is 1. The van der Waals surface area contributed by atoms with Crippen LogP contribution in [0, 0.1) is 10.1 Å². The number of benzene rings is 2. The Morgan fingerprint density at radius 1 is 1.14 bits per heavy atom. The summed E-state index contributed by atoms with van der Waals surface area (Å²) in [5.41, 5.74) is 3.13. The highest BCUT2D eigenvalue weighted by molar-refractivity contribution is 6.23. The topological polar surface area (TPSA) is 89.8 Å². The number of rotatable bonds is 5.